The second-order valence-electron chi connectivity index (χ2n) is 5.56. The number of ether oxygens (including phenoxy) is 1. The van der Waals surface area contributed by atoms with Gasteiger partial charge in [-0.1, -0.05) is 19.1 Å². The van der Waals surface area contributed by atoms with Gasteiger partial charge in [0, 0.05) is 6.54 Å². The summed E-state index contributed by atoms with van der Waals surface area (Å²) in [5.41, 5.74) is 1.37. The van der Waals surface area contributed by atoms with Crippen molar-refractivity contribution in [3.8, 4) is 5.75 Å². The zero-order valence-corrected chi connectivity index (χ0v) is 13.1. The second-order valence-corrected chi connectivity index (χ2v) is 5.56. The lowest BCUT2D eigenvalue weighted by atomic mass is 10.0. The van der Waals surface area contributed by atoms with E-state index in [1.807, 2.05) is 43.9 Å². The van der Waals surface area contributed by atoms with Crippen molar-refractivity contribution in [3.63, 3.8) is 0 Å². The first kappa shape index (κ1) is 16.5. The minimum atomic E-state index is -0.875. The zero-order valence-electron chi connectivity index (χ0n) is 13.1. The fraction of sp³-hybridized carbons (Fsp3) is 0.562. The first-order chi connectivity index (χ1) is 9.28. The Bertz CT molecular complexity index is 469. The third-order valence-electron chi connectivity index (χ3n) is 3.66. The highest BCUT2D eigenvalue weighted by Crippen LogP contribution is 2.20. The van der Waals surface area contributed by atoms with Crippen molar-refractivity contribution in [1.29, 1.82) is 0 Å². The predicted molar refractivity (Wildman–Crippen MR) is 80.4 cm³/mol. The van der Waals surface area contributed by atoms with E-state index in [0.717, 1.165) is 16.9 Å². The highest BCUT2D eigenvalue weighted by Gasteiger charge is 2.33. The summed E-state index contributed by atoms with van der Waals surface area (Å²) in [6.07, 6.45) is 0. The number of aryl methyl sites for hydroxylation is 2. The van der Waals surface area contributed by atoms with E-state index in [9.17, 15) is 9.90 Å². The van der Waals surface area contributed by atoms with Crippen molar-refractivity contribution < 1.29 is 14.6 Å². The number of carboxylic acids is 1. The second kappa shape index (κ2) is 6.75. The monoisotopic (exact) mass is 279 g/mol. The molecule has 0 heterocycles. The zero-order chi connectivity index (χ0) is 15.3. The van der Waals surface area contributed by atoms with E-state index in [1.165, 1.54) is 0 Å². The van der Waals surface area contributed by atoms with Crippen LogP contribution >= 0.6 is 0 Å². The number of carbonyl (C=O) groups is 1. The van der Waals surface area contributed by atoms with E-state index < -0.39 is 11.5 Å². The van der Waals surface area contributed by atoms with Crippen LogP contribution in [0, 0.1) is 13.8 Å². The molecule has 0 unspecified atom stereocenters. The lowest BCUT2D eigenvalue weighted by molar-refractivity contribution is -0.149. The first-order valence-corrected chi connectivity index (χ1v) is 6.97. The topological polar surface area (TPSA) is 49.8 Å². The SMILES string of the molecule is CCN(CCOc1cc(C)ccc1C)C(C)(C)C(=O)O. The summed E-state index contributed by atoms with van der Waals surface area (Å²) >= 11 is 0. The van der Waals surface area contributed by atoms with Crippen LogP contribution in [-0.2, 0) is 4.79 Å². The van der Waals surface area contributed by atoms with E-state index in [4.69, 9.17) is 4.74 Å². The Hall–Kier alpha value is -1.55. The van der Waals surface area contributed by atoms with E-state index in [1.54, 1.807) is 13.8 Å². The summed E-state index contributed by atoms with van der Waals surface area (Å²) in [6.45, 7) is 11.2. The standard InChI is InChI=1S/C16H25NO3/c1-6-17(16(4,5)15(18)19)9-10-20-14-11-12(2)7-8-13(14)3/h7-8,11H,6,9-10H2,1-5H3,(H,18,19). The number of benzene rings is 1. The first-order valence-electron chi connectivity index (χ1n) is 6.97. The van der Waals surface area contributed by atoms with Crippen LogP contribution in [0.4, 0.5) is 0 Å². The molecule has 1 aromatic carbocycles. The molecule has 0 radical (unpaired) electrons. The van der Waals surface area contributed by atoms with Crippen molar-refractivity contribution in [2.45, 2.75) is 40.2 Å². The van der Waals surface area contributed by atoms with Crippen LogP contribution in [-0.4, -0.2) is 41.2 Å². The van der Waals surface area contributed by atoms with E-state index in [-0.39, 0.29) is 0 Å². The van der Waals surface area contributed by atoms with Gasteiger partial charge in [-0.25, -0.2) is 0 Å². The van der Waals surface area contributed by atoms with Gasteiger partial charge in [-0.3, -0.25) is 9.69 Å². The van der Waals surface area contributed by atoms with E-state index in [2.05, 4.69) is 0 Å². The quantitative estimate of drug-likeness (QED) is 0.834. The average Bonchev–Trinajstić information content (AvgIpc) is 2.38. The van der Waals surface area contributed by atoms with Gasteiger partial charge < -0.3 is 9.84 Å². The van der Waals surface area contributed by atoms with Crippen molar-refractivity contribution in [1.82, 2.24) is 4.90 Å². The summed E-state index contributed by atoms with van der Waals surface area (Å²) in [6, 6.07) is 6.09. The number of nitrogens with zero attached hydrogens (tertiary/aromatic N) is 1. The molecule has 0 saturated carbocycles. The summed E-state index contributed by atoms with van der Waals surface area (Å²) in [5.74, 6) is 0.0558. The fourth-order valence-electron chi connectivity index (χ4n) is 2.10. The number of hydrogen-bond donors (Lipinski definition) is 1. The van der Waals surface area contributed by atoms with Crippen molar-refractivity contribution >= 4 is 5.97 Å². The largest absolute Gasteiger partial charge is 0.492 e. The maximum absolute atomic E-state index is 11.3. The number of aliphatic carboxylic acids is 1. The van der Waals surface area contributed by atoms with Gasteiger partial charge in [0.15, 0.2) is 0 Å². The molecular weight excluding hydrogens is 254 g/mol. The Balaban J connectivity index is 2.62. The van der Waals surface area contributed by atoms with Gasteiger partial charge in [0.25, 0.3) is 0 Å². The molecular formula is C16H25NO3. The normalized spacial score (nSPS) is 11.7. The molecule has 0 bridgehead atoms. The number of carboxylic acid groups (broad SMARTS) is 1. The maximum atomic E-state index is 11.3. The predicted octanol–water partition coefficient (Wildman–Crippen LogP) is 2.87. The molecule has 0 aromatic heterocycles. The third kappa shape index (κ3) is 3.97. The molecule has 1 N–H and O–H groups in total. The van der Waals surface area contributed by atoms with Crippen LogP contribution < -0.4 is 4.74 Å². The molecule has 4 heteroatoms. The number of hydrogen-bond acceptors (Lipinski definition) is 3. The molecule has 0 aliphatic carbocycles. The van der Waals surface area contributed by atoms with Gasteiger partial charge in [0.1, 0.15) is 17.9 Å². The van der Waals surface area contributed by atoms with Crippen LogP contribution in [0.3, 0.4) is 0 Å². The molecule has 1 aromatic rings. The third-order valence-corrected chi connectivity index (χ3v) is 3.66. The highest BCUT2D eigenvalue weighted by molar-refractivity contribution is 5.77. The molecule has 20 heavy (non-hydrogen) atoms. The van der Waals surface area contributed by atoms with Crippen LogP contribution in [0.25, 0.3) is 0 Å². The molecule has 4 nitrogen and oxygen atoms in total. The molecule has 0 amide bonds. The van der Waals surface area contributed by atoms with Crippen molar-refractivity contribution in [2.24, 2.45) is 0 Å². The number of likely N-dealkylation sites (N-methyl/N-ethyl adjacent to an activating group) is 1. The average molecular weight is 279 g/mol. The van der Waals surface area contributed by atoms with E-state index >= 15 is 0 Å². The molecule has 0 spiro atoms. The maximum Gasteiger partial charge on any atom is 0.323 e. The molecule has 0 aliphatic rings. The summed E-state index contributed by atoms with van der Waals surface area (Å²) < 4.78 is 5.79. The van der Waals surface area contributed by atoms with E-state index in [0.29, 0.717) is 19.7 Å². The van der Waals surface area contributed by atoms with Gasteiger partial charge in [0.05, 0.1) is 0 Å². The molecule has 0 atom stereocenters. The Morgan fingerprint density at radius 1 is 1.35 bits per heavy atom. The smallest absolute Gasteiger partial charge is 0.323 e. The van der Waals surface area contributed by atoms with Crippen molar-refractivity contribution in [3.05, 3.63) is 29.3 Å². The van der Waals surface area contributed by atoms with Gasteiger partial charge in [-0.2, -0.15) is 0 Å². The highest BCUT2D eigenvalue weighted by atomic mass is 16.5. The Morgan fingerprint density at radius 3 is 2.55 bits per heavy atom. The molecule has 0 saturated heterocycles. The molecule has 1 rings (SSSR count). The Labute approximate surface area is 121 Å². The van der Waals surface area contributed by atoms with Crippen LogP contribution in [0.2, 0.25) is 0 Å². The fourth-order valence-corrected chi connectivity index (χ4v) is 2.10. The molecule has 112 valence electrons. The van der Waals surface area contributed by atoms with Gasteiger partial charge >= 0.3 is 5.97 Å². The number of rotatable bonds is 7. The minimum absolute atomic E-state index is 0.481. The van der Waals surface area contributed by atoms with Crippen LogP contribution in [0.1, 0.15) is 31.9 Å². The summed E-state index contributed by atoms with van der Waals surface area (Å²) in [4.78, 5) is 13.2. The van der Waals surface area contributed by atoms with Crippen molar-refractivity contribution in [2.75, 3.05) is 19.7 Å². The summed E-state index contributed by atoms with van der Waals surface area (Å²) in [5, 5.41) is 9.26. The van der Waals surface area contributed by atoms with Crippen LogP contribution in [0.5, 0.6) is 5.75 Å². The van der Waals surface area contributed by atoms with Gasteiger partial charge in [-0.05, 0) is 51.4 Å². The summed E-state index contributed by atoms with van der Waals surface area (Å²) in [7, 11) is 0. The Kier molecular flexibility index (Phi) is 5.57. The molecule has 0 fully saturated rings. The lowest BCUT2D eigenvalue weighted by Gasteiger charge is -2.33. The lowest BCUT2D eigenvalue weighted by Crippen LogP contribution is -2.51. The van der Waals surface area contributed by atoms with Gasteiger partial charge in [-0.15, -0.1) is 0 Å². The Morgan fingerprint density at radius 2 is 2.00 bits per heavy atom. The minimum Gasteiger partial charge on any atom is -0.492 e. The van der Waals surface area contributed by atoms with Gasteiger partial charge in [0.2, 0.25) is 0 Å². The van der Waals surface area contributed by atoms with Crippen LogP contribution in [0.15, 0.2) is 18.2 Å². The molecule has 0 aliphatic heterocycles.